The minimum atomic E-state index is -0.392. The van der Waals surface area contributed by atoms with Gasteiger partial charge in [-0.1, -0.05) is 0 Å². The van der Waals surface area contributed by atoms with E-state index in [1.54, 1.807) is 0 Å². The molecular formula is C12H23ClN2O2. The molecule has 2 saturated heterocycles. The van der Waals surface area contributed by atoms with Gasteiger partial charge in [0.1, 0.15) is 5.60 Å². The Morgan fingerprint density at radius 2 is 2.06 bits per heavy atom. The molecule has 5 heteroatoms. The summed E-state index contributed by atoms with van der Waals surface area (Å²) >= 11 is 0. The largest absolute Gasteiger partial charge is 0.444 e. The maximum atomic E-state index is 12.0. The zero-order chi connectivity index (χ0) is 11.8. The molecule has 2 fully saturated rings. The van der Waals surface area contributed by atoms with Crippen LogP contribution in [0.25, 0.3) is 0 Å². The molecule has 100 valence electrons. The highest BCUT2D eigenvalue weighted by molar-refractivity contribution is 5.85. The zero-order valence-electron chi connectivity index (χ0n) is 10.9. The molecule has 0 unspecified atom stereocenters. The number of rotatable bonds is 0. The van der Waals surface area contributed by atoms with E-state index in [2.05, 4.69) is 5.32 Å². The van der Waals surface area contributed by atoms with Gasteiger partial charge in [0.05, 0.1) is 6.04 Å². The molecule has 1 N–H and O–H groups in total. The molecule has 0 bridgehead atoms. The summed E-state index contributed by atoms with van der Waals surface area (Å²) < 4.78 is 5.43. The summed E-state index contributed by atoms with van der Waals surface area (Å²) in [5.41, 5.74) is -0.392. The van der Waals surface area contributed by atoms with Crippen molar-refractivity contribution in [1.29, 1.82) is 0 Å². The number of amides is 1. The molecule has 2 aliphatic rings. The third-order valence-corrected chi connectivity index (χ3v) is 3.36. The third-order valence-electron chi connectivity index (χ3n) is 3.36. The fourth-order valence-electron chi connectivity index (χ4n) is 2.62. The first-order chi connectivity index (χ1) is 7.47. The van der Waals surface area contributed by atoms with Gasteiger partial charge in [0.15, 0.2) is 0 Å². The number of nitrogens with one attached hydrogen (secondary N) is 1. The highest BCUT2D eigenvalue weighted by Crippen LogP contribution is 2.29. The average Bonchev–Trinajstić information content (AvgIpc) is 2.58. The van der Waals surface area contributed by atoms with Crippen LogP contribution in [0, 0.1) is 5.92 Å². The van der Waals surface area contributed by atoms with Gasteiger partial charge < -0.3 is 15.0 Å². The third kappa shape index (κ3) is 3.49. The van der Waals surface area contributed by atoms with Crippen molar-refractivity contribution in [1.82, 2.24) is 10.2 Å². The molecule has 0 radical (unpaired) electrons. The number of ether oxygens (including phenoxy) is 1. The summed E-state index contributed by atoms with van der Waals surface area (Å²) in [6.07, 6.45) is 2.17. The quantitative estimate of drug-likeness (QED) is 0.726. The number of carbonyl (C=O) groups excluding carboxylic acids is 1. The Bertz CT molecular complexity index is 278. The van der Waals surface area contributed by atoms with Crippen molar-refractivity contribution in [2.45, 2.75) is 45.3 Å². The number of nitrogens with zero attached hydrogens (tertiary/aromatic N) is 1. The molecule has 0 aromatic rings. The lowest BCUT2D eigenvalue weighted by Crippen LogP contribution is -2.49. The molecule has 17 heavy (non-hydrogen) atoms. The van der Waals surface area contributed by atoms with E-state index in [4.69, 9.17) is 4.74 Å². The standard InChI is InChI=1S/C12H22N2O2.ClH/c1-12(2,3)16-11(15)14-7-5-9-4-6-13-8-10(9)14;/h9-10,13H,4-8H2,1-3H3;1H/t9-,10-;/m0./s1. The van der Waals surface area contributed by atoms with Crippen LogP contribution in [-0.2, 0) is 4.74 Å². The van der Waals surface area contributed by atoms with E-state index in [-0.39, 0.29) is 18.5 Å². The second kappa shape index (κ2) is 5.44. The molecule has 2 rings (SSSR count). The molecule has 1 amide bonds. The van der Waals surface area contributed by atoms with Gasteiger partial charge in [-0.2, -0.15) is 0 Å². The number of carbonyl (C=O) groups is 1. The molecule has 4 nitrogen and oxygen atoms in total. The van der Waals surface area contributed by atoms with Crippen molar-refractivity contribution in [3.63, 3.8) is 0 Å². The normalized spacial score (nSPS) is 28.3. The summed E-state index contributed by atoms with van der Waals surface area (Å²) in [6.45, 7) is 8.60. The van der Waals surface area contributed by atoms with Gasteiger partial charge in [-0.05, 0) is 46.1 Å². The van der Waals surface area contributed by atoms with E-state index in [0.29, 0.717) is 12.0 Å². The van der Waals surface area contributed by atoms with Crippen molar-refractivity contribution in [2.24, 2.45) is 5.92 Å². The van der Waals surface area contributed by atoms with Crippen LogP contribution in [0.4, 0.5) is 4.79 Å². The molecule has 0 aromatic heterocycles. The predicted octanol–water partition coefficient (Wildman–Crippen LogP) is 2.03. The Morgan fingerprint density at radius 1 is 1.35 bits per heavy atom. The Kier molecular flexibility index (Phi) is 4.67. The second-order valence-electron chi connectivity index (χ2n) is 5.78. The minimum Gasteiger partial charge on any atom is -0.444 e. The van der Waals surface area contributed by atoms with E-state index in [9.17, 15) is 4.79 Å². The van der Waals surface area contributed by atoms with E-state index in [1.165, 1.54) is 6.42 Å². The van der Waals surface area contributed by atoms with Gasteiger partial charge in [0, 0.05) is 13.1 Å². The Morgan fingerprint density at radius 3 is 2.71 bits per heavy atom. The second-order valence-corrected chi connectivity index (χ2v) is 5.78. The monoisotopic (exact) mass is 262 g/mol. The SMILES string of the molecule is CC(C)(C)OC(=O)N1CC[C@@H]2CCNC[C@@H]21.Cl. The van der Waals surface area contributed by atoms with E-state index in [1.807, 2.05) is 25.7 Å². The average molecular weight is 263 g/mol. The van der Waals surface area contributed by atoms with Crippen LogP contribution in [0.15, 0.2) is 0 Å². The van der Waals surface area contributed by atoms with Crippen molar-refractivity contribution in [3.05, 3.63) is 0 Å². The van der Waals surface area contributed by atoms with Gasteiger partial charge in [-0.25, -0.2) is 4.79 Å². The molecule has 0 saturated carbocycles. The first-order valence-electron chi connectivity index (χ1n) is 6.18. The van der Waals surface area contributed by atoms with Crippen LogP contribution < -0.4 is 5.32 Å². The van der Waals surface area contributed by atoms with Gasteiger partial charge in [0.2, 0.25) is 0 Å². The number of hydrogen-bond acceptors (Lipinski definition) is 3. The minimum absolute atomic E-state index is 0. The van der Waals surface area contributed by atoms with Crippen molar-refractivity contribution < 1.29 is 9.53 Å². The number of fused-ring (bicyclic) bond motifs is 1. The molecule has 0 aromatic carbocycles. The highest BCUT2D eigenvalue weighted by atomic mass is 35.5. The maximum absolute atomic E-state index is 12.0. The van der Waals surface area contributed by atoms with Gasteiger partial charge in [-0.3, -0.25) is 0 Å². The summed E-state index contributed by atoms with van der Waals surface area (Å²) in [4.78, 5) is 13.9. The lowest BCUT2D eigenvalue weighted by molar-refractivity contribution is 0.0195. The number of likely N-dealkylation sites (tertiary alicyclic amines) is 1. The van der Waals surface area contributed by atoms with Gasteiger partial charge in [-0.15, -0.1) is 12.4 Å². The lowest BCUT2D eigenvalue weighted by Gasteiger charge is -2.33. The maximum Gasteiger partial charge on any atom is 0.410 e. The summed E-state index contributed by atoms with van der Waals surface area (Å²) in [5, 5.41) is 3.35. The molecule has 0 aliphatic carbocycles. The molecule has 2 atom stereocenters. The smallest absolute Gasteiger partial charge is 0.410 e. The molecular weight excluding hydrogens is 240 g/mol. The van der Waals surface area contributed by atoms with Gasteiger partial charge >= 0.3 is 6.09 Å². The first-order valence-corrected chi connectivity index (χ1v) is 6.18. The van der Waals surface area contributed by atoms with Crippen LogP contribution >= 0.6 is 12.4 Å². The number of hydrogen-bond donors (Lipinski definition) is 1. The Hall–Kier alpha value is -0.480. The summed E-state index contributed by atoms with van der Waals surface area (Å²) in [6, 6.07) is 0.351. The van der Waals surface area contributed by atoms with Crippen LogP contribution in [0.3, 0.4) is 0 Å². The Balaban J connectivity index is 0.00000144. The number of piperidine rings is 1. The summed E-state index contributed by atoms with van der Waals surface area (Å²) in [5.74, 6) is 0.675. The zero-order valence-corrected chi connectivity index (χ0v) is 11.7. The first kappa shape index (κ1) is 14.6. The van der Waals surface area contributed by atoms with Crippen molar-refractivity contribution >= 4 is 18.5 Å². The lowest BCUT2D eigenvalue weighted by atomic mass is 9.93. The predicted molar refractivity (Wildman–Crippen MR) is 69.6 cm³/mol. The highest BCUT2D eigenvalue weighted by Gasteiger charge is 2.39. The van der Waals surface area contributed by atoms with Crippen molar-refractivity contribution in [3.8, 4) is 0 Å². The molecule has 0 spiro atoms. The van der Waals surface area contributed by atoms with Crippen LogP contribution in [0.2, 0.25) is 0 Å². The topological polar surface area (TPSA) is 41.6 Å². The van der Waals surface area contributed by atoms with E-state index in [0.717, 1.165) is 26.1 Å². The van der Waals surface area contributed by atoms with E-state index >= 15 is 0 Å². The molecule has 2 aliphatic heterocycles. The number of halogens is 1. The van der Waals surface area contributed by atoms with Crippen LogP contribution in [-0.4, -0.2) is 42.3 Å². The van der Waals surface area contributed by atoms with E-state index < -0.39 is 5.60 Å². The molecule has 2 heterocycles. The van der Waals surface area contributed by atoms with Crippen molar-refractivity contribution in [2.75, 3.05) is 19.6 Å². The van der Waals surface area contributed by atoms with Gasteiger partial charge in [0.25, 0.3) is 0 Å². The van der Waals surface area contributed by atoms with Crippen LogP contribution in [0.1, 0.15) is 33.6 Å². The fourth-order valence-corrected chi connectivity index (χ4v) is 2.62. The van der Waals surface area contributed by atoms with Crippen LogP contribution in [0.5, 0.6) is 0 Å². The Labute approximate surface area is 109 Å². The summed E-state index contributed by atoms with van der Waals surface area (Å²) in [7, 11) is 0. The fraction of sp³-hybridized carbons (Fsp3) is 0.917.